The van der Waals surface area contributed by atoms with Gasteiger partial charge in [-0.25, -0.2) is 4.39 Å². The van der Waals surface area contributed by atoms with Crippen LogP contribution in [0.2, 0.25) is 39.3 Å². The molecule has 12 rings (SSSR count). The summed E-state index contributed by atoms with van der Waals surface area (Å²) < 4.78 is 23.6. The molecule has 0 saturated carbocycles. The highest BCUT2D eigenvalue weighted by atomic mass is 28.3. The minimum Gasteiger partial charge on any atom is -0.455 e. The molecule has 4 nitrogen and oxygen atoms in total. The van der Waals surface area contributed by atoms with Crippen molar-refractivity contribution in [1.29, 1.82) is 0 Å². The average molecular weight is 998 g/mol. The lowest BCUT2D eigenvalue weighted by atomic mass is 9.33. The van der Waals surface area contributed by atoms with Crippen LogP contribution in [0.5, 0.6) is 0 Å². The third kappa shape index (κ3) is 8.12. The highest BCUT2D eigenvalue weighted by Crippen LogP contribution is 2.49. The van der Waals surface area contributed by atoms with Crippen molar-refractivity contribution in [3.05, 3.63) is 218 Å². The van der Waals surface area contributed by atoms with Crippen LogP contribution in [0.15, 0.2) is 211 Å². The molecule has 8 heteroatoms. The summed E-state index contributed by atoms with van der Waals surface area (Å²) in [6, 6.07) is 73.8. The van der Waals surface area contributed by atoms with Gasteiger partial charge in [0.15, 0.2) is 0 Å². The zero-order chi connectivity index (χ0) is 51.3. The van der Waals surface area contributed by atoms with E-state index in [9.17, 15) is 0 Å². The van der Waals surface area contributed by atoms with E-state index in [0.717, 1.165) is 73.2 Å². The van der Waals surface area contributed by atoms with Gasteiger partial charge in [0.25, 0.3) is 6.71 Å². The molecule has 0 fully saturated rings. The molecule has 0 radical (unpaired) electrons. The van der Waals surface area contributed by atoms with E-state index in [1.54, 1.807) is 12.1 Å². The average Bonchev–Trinajstić information content (AvgIpc) is 3.77. The summed E-state index contributed by atoms with van der Waals surface area (Å²) in [4.78, 5) is 7.12. The SMILES string of the molecule is CC(C)(C)c1ccc(N(c2ccc3c(c2)N(c2ccc([Si](C)(C)C)cc2)c2cc([Si](C)(C)C)cc4c2B3c2cc3c(-c5ccccc5)oc(-c5ccccc5)c3cc2N4c2ccccc2)c2ccccc2F)cc1. The van der Waals surface area contributed by atoms with E-state index in [1.165, 1.54) is 38.0 Å². The standard InChI is InChI=1S/C66H61BFN3OSi2/c1-66(2,3)46-29-31-48(32-30-46)69(58-28-20-19-27-57(58)68)50-35-38-55-59(39-50)71(49-33-36-51(37-34-49)73(4,5)6)62-41-52(74(7,8)9)40-61-63(62)67(55)56-42-53-54(43-60(56)70(61)47-25-17-12-18-26-47)65(45-23-15-11-16-24-45)72-64(53)44-21-13-10-14-22-44/h10-43H,1-9H3. The topological polar surface area (TPSA) is 22.9 Å². The van der Waals surface area contributed by atoms with Crippen LogP contribution in [0, 0.1) is 5.82 Å². The Hall–Kier alpha value is -7.65. The highest BCUT2D eigenvalue weighted by Gasteiger charge is 2.45. The van der Waals surface area contributed by atoms with Crippen molar-refractivity contribution in [2.75, 3.05) is 14.7 Å². The van der Waals surface area contributed by atoms with E-state index in [1.807, 2.05) is 12.1 Å². The summed E-state index contributed by atoms with van der Waals surface area (Å²) >= 11 is 0. The first kappa shape index (κ1) is 47.4. The first-order valence-corrected chi connectivity index (χ1v) is 33.0. The molecule has 3 heterocycles. The Morgan fingerprint density at radius 2 is 0.959 bits per heavy atom. The van der Waals surface area contributed by atoms with E-state index < -0.39 is 16.1 Å². The summed E-state index contributed by atoms with van der Waals surface area (Å²) in [5.41, 5.74) is 15.8. The number of para-hydroxylation sites is 2. The van der Waals surface area contributed by atoms with Crippen LogP contribution in [-0.4, -0.2) is 22.9 Å². The molecule has 10 aromatic rings. The summed E-state index contributed by atoms with van der Waals surface area (Å²) in [6.45, 7) is 21.1. The molecule has 0 bridgehead atoms. The largest absolute Gasteiger partial charge is 0.455 e. The molecule has 1 aromatic heterocycles. The van der Waals surface area contributed by atoms with Crippen molar-refractivity contribution in [3.63, 3.8) is 0 Å². The number of hydrogen-bond donors (Lipinski definition) is 0. The van der Waals surface area contributed by atoms with E-state index in [0.29, 0.717) is 5.69 Å². The van der Waals surface area contributed by atoms with E-state index in [2.05, 4.69) is 257 Å². The summed E-state index contributed by atoms with van der Waals surface area (Å²) in [7, 11) is -3.65. The van der Waals surface area contributed by atoms with Gasteiger partial charge in [0, 0.05) is 67.4 Å². The Labute approximate surface area is 438 Å². The zero-order valence-corrected chi connectivity index (χ0v) is 45.8. The maximum atomic E-state index is 16.5. The maximum absolute atomic E-state index is 16.5. The molecule has 2 aliphatic heterocycles. The highest BCUT2D eigenvalue weighted by molar-refractivity contribution is 7.01. The van der Waals surface area contributed by atoms with Gasteiger partial charge in [-0.15, -0.1) is 0 Å². The number of furan rings is 1. The Bertz CT molecular complexity index is 3750. The summed E-state index contributed by atoms with van der Waals surface area (Å²) in [5.74, 6) is 1.42. The van der Waals surface area contributed by atoms with E-state index in [4.69, 9.17) is 4.42 Å². The second-order valence-electron chi connectivity index (χ2n) is 23.2. The number of anilines is 9. The van der Waals surface area contributed by atoms with Gasteiger partial charge in [0.1, 0.15) is 17.3 Å². The van der Waals surface area contributed by atoms with Crippen LogP contribution in [0.3, 0.4) is 0 Å². The lowest BCUT2D eigenvalue weighted by Crippen LogP contribution is -2.62. The van der Waals surface area contributed by atoms with Gasteiger partial charge in [-0.2, -0.15) is 0 Å². The third-order valence-electron chi connectivity index (χ3n) is 15.2. The minimum atomic E-state index is -2.00. The fourth-order valence-corrected chi connectivity index (χ4v) is 13.5. The monoisotopic (exact) mass is 997 g/mol. The summed E-state index contributed by atoms with van der Waals surface area (Å²) in [5, 5.41) is 4.90. The van der Waals surface area contributed by atoms with Crippen molar-refractivity contribution < 1.29 is 8.81 Å². The second-order valence-corrected chi connectivity index (χ2v) is 33.3. The molecule has 0 saturated heterocycles. The van der Waals surface area contributed by atoms with E-state index in [-0.39, 0.29) is 17.9 Å². The second kappa shape index (κ2) is 17.8. The lowest BCUT2D eigenvalue weighted by Gasteiger charge is -2.45. The molecule has 0 unspecified atom stereocenters. The quantitative estimate of drug-likeness (QED) is 0.134. The number of benzene rings is 9. The lowest BCUT2D eigenvalue weighted by molar-refractivity contribution is 0.590. The minimum absolute atomic E-state index is 0.0426. The molecule has 364 valence electrons. The van der Waals surface area contributed by atoms with Gasteiger partial charge in [0.05, 0.1) is 21.8 Å². The van der Waals surface area contributed by atoms with Crippen LogP contribution in [0.4, 0.5) is 55.6 Å². The maximum Gasteiger partial charge on any atom is 0.252 e. The molecular formula is C66H61BFN3OSi2. The van der Waals surface area contributed by atoms with Crippen molar-refractivity contribution in [2.24, 2.45) is 0 Å². The molecule has 0 N–H and O–H groups in total. The van der Waals surface area contributed by atoms with Gasteiger partial charge >= 0.3 is 0 Å². The van der Waals surface area contributed by atoms with Gasteiger partial charge in [0.2, 0.25) is 0 Å². The normalized spacial score (nSPS) is 13.2. The molecular weight excluding hydrogens is 937 g/mol. The molecule has 0 amide bonds. The van der Waals surface area contributed by atoms with Crippen LogP contribution in [0.25, 0.3) is 33.4 Å². The Balaban J connectivity index is 1.19. The molecule has 0 atom stereocenters. The van der Waals surface area contributed by atoms with E-state index >= 15 is 4.39 Å². The van der Waals surface area contributed by atoms with Gasteiger partial charge in [-0.1, -0.05) is 198 Å². The summed E-state index contributed by atoms with van der Waals surface area (Å²) in [6.07, 6.45) is 0. The predicted octanol–water partition coefficient (Wildman–Crippen LogP) is 15.8. The van der Waals surface area contributed by atoms with Crippen LogP contribution >= 0.6 is 0 Å². The first-order chi connectivity index (χ1) is 35.5. The third-order valence-corrected chi connectivity index (χ3v) is 19.3. The Morgan fingerprint density at radius 1 is 0.459 bits per heavy atom. The Kier molecular flexibility index (Phi) is 11.4. The number of nitrogens with zero attached hydrogens (tertiary/aromatic N) is 3. The van der Waals surface area contributed by atoms with Crippen LogP contribution in [0.1, 0.15) is 26.3 Å². The first-order valence-electron chi connectivity index (χ1n) is 26.0. The van der Waals surface area contributed by atoms with Crippen molar-refractivity contribution in [2.45, 2.75) is 65.5 Å². The van der Waals surface area contributed by atoms with Crippen molar-refractivity contribution in [1.82, 2.24) is 0 Å². The Morgan fingerprint density at radius 3 is 1.51 bits per heavy atom. The zero-order valence-electron chi connectivity index (χ0n) is 43.8. The fourth-order valence-electron chi connectivity index (χ4n) is 11.2. The molecule has 0 aliphatic carbocycles. The molecule has 2 aliphatic rings. The number of fused-ring (bicyclic) bond motifs is 5. The smallest absolute Gasteiger partial charge is 0.252 e. The van der Waals surface area contributed by atoms with Crippen LogP contribution in [-0.2, 0) is 5.41 Å². The molecule has 0 spiro atoms. The number of hydrogen-bond acceptors (Lipinski definition) is 4. The number of rotatable bonds is 9. The molecule has 9 aromatic carbocycles. The predicted molar refractivity (Wildman–Crippen MR) is 320 cm³/mol. The fraction of sp³-hybridized carbons (Fsp3) is 0.152. The van der Waals surface area contributed by atoms with Crippen molar-refractivity contribution in [3.8, 4) is 22.6 Å². The van der Waals surface area contributed by atoms with Crippen molar-refractivity contribution >= 4 is 112 Å². The molecule has 74 heavy (non-hydrogen) atoms. The van der Waals surface area contributed by atoms with Crippen LogP contribution < -0.4 is 41.5 Å². The van der Waals surface area contributed by atoms with Gasteiger partial charge in [-0.3, -0.25) is 0 Å². The number of halogens is 1. The van der Waals surface area contributed by atoms with Gasteiger partial charge in [-0.05, 0) is 106 Å². The van der Waals surface area contributed by atoms with Gasteiger partial charge < -0.3 is 19.1 Å².